The summed E-state index contributed by atoms with van der Waals surface area (Å²) in [4.78, 5) is 30.1. The third-order valence-corrected chi connectivity index (χ3v) is 4.97. The average molecular weight is 295 g/mol. The second-order valence-corrected chi connectivity index (χ2v) is 6.39. The van der Waals surface area contributed by atoms with E-state index in [9.17, 15) is 9.59 Å². The molecule has 21 heavy (non-hydrogen) atoms. The van der Waals surface area contributed by atoms with E-state index in [0.717, 1.165) is 58.3 Å². The smallest absolute Gasteiger partial charge is 0.239 e. The van der Waals surface area contributed by atoms with Crippen LogP contribution in [0.15, 0.2) is 0 Å². The molecule has 0 aromatic carbocycles. The summed E-state index contributed by atoms with van der Waals surface area (Å²) in [5.74, 6) is 0.453. The summed E-state index contributed by atoms with van der Waals surface area (Å²) in [6.45, 7) is 7.29. The van der Waals surface area contributed by atoms with Crippen LogP contribution in [0.1, 0.15) is 46.0 Å². The molecule has 0 unspecified atom stereocenters. The van der Waals surface area contributed by atoms with Crippen LogP contribution < -0.4 is 0 Å². The van der Waals surface area contributed by atoms with Crippen molar-refractivity contribution >= 4 is 11.8 Å². The first-order valence-electron chi connectivity index (χ1n) is 8.30. The molecule has 2 aliphatic heterocycles. The highest BCUT2D eigenvalue weighted by Crippen LogP contribution is 2.24. The summed E-state index contributed by atoms with van der Waals surface area (Å²) in [5, 5.41) is 0. The fraction of sp³-hybridized carbons (Fsp3) is 0.875. The van der Waals surface area contributed by atoms with Crippen molar-refractivity contribution in [3.8, 4) is 0 Å². The van der Waals surface area contributed by atoms with E-state index >= 15 is 0 Å². The van der Waals surface area contributed by atoms with Crippen molar-refractivity contribution in [2.45, 2.75) is 58.0 Å². The van der Waals surface area contributed by atoms with Gasteiger partial charge in [0.15, 0.2) is 0 Å². The largest absolute Gasteiger partial charge is 0.343 e. The van der Waals surface area contributed by atoms with Gasteiger partial charge in [0.2, 0.25) is 11.8 Å². The molecule has 0 aliphatic carbocycles. The first kappa shape index (κ1) is 16.3. The molecule has 1 atom stereocenters. The van der Waals surface area contributed by atoms with E-state index in [2.05, 4.69) is 11.8 Å². The molecule has 2 aliphatic rings. The Labute approximate surface area is 128 Å². The number of likely N-dealkylation sites (tertiary alicyclic amines) is 1. The number of hydrogen-bond donors (Lipinski definition) is 0. The Morgan fingerprint density at radius 3 is 2.43 bits per heavy atom. The van der Waals surface area contributed by atoms with E-state index < -0.39 is 0 Å². The predicted molar refractivity (Wildman–Crippen MR) is 82.9 cm³/mol. The van der Waals surface area contributed by atoms with Crippen LogP contribution in [0.4, 0.5) is 0 Å². The SMILES string of the molecule is CCCC[C@@H]1C(=O)N(C)CCN1C1CCN(C(C)=O)CC1. The molecule has 2 heterocycles. The third-order valence-electron chi connectivity index (χ3n) is 4.97. The quantitative estimate of drug-likeness (QED) is 0.786. The Bertz CT molecular complexity index is 378. The number of nitrogens with zero attached hydrogens (tertiary/aromatic N) is 3. The van der Waals surface area contributed by atoms with Gasteiger partial charge in [0.1, 0.15) is 0 Å². The molecule has 2 rings (SSSR count). The van der Waals surface area contributed by atoms with Crippen LogP contribution in [0.5, 0.6) is 0 Å². The van der Waals surface area contributed by atoms with Crippen LogP contribution in [-0.2, 0) is 9.59 Å². The first-order chi connectivity index (χ1) is 10.0. The van der Waals surface area contributed by atoms with Gasteiger partial charge >= 0.3 is 0 Å². The maximum Gasteiger partial charge on any atom is 0.239 e. The number of likely N-dealkylation sites (N-methyl/N-ethyl adjacent to an activating group) is 1. The van der Waals surface area contributed by atoms with E-state index in [4.69, 9.17) is 0 Å². The minimum Gasteiger partial charge on any atom is -0.343 e. The van der Waals surface area contributed by atoms with Crippen molar-refractivity contribution in [2.75, 3.05) is 33.2 Å². The first-order valence-corrected chi connectivity index (χ1v) is 8.30. The van der Waals surface area contributed by atoms with Gasteiger partial charge in [0, 0.05) is 46.2 Å². The zero-order valence-electron chi connectivity index (χ0n) is 13.7. The maximum atomic E-state index is 12.5. The Morgan fingerprint density at radius 2 is 1.86 bits per heavy atom. The average Bonchev–Trinajstić information content (AvgIpc) is 2.49. The lowest BCUT2D eigenvalue weighted by atomic mass is 9.96. The summed E-state index contributed by atoms with van der Waals surface area (Å²) in [6.07, 6.45) is 5.20. The van der Waals surface area contributed by atoms with E-state index in [1.807, 2.05) is 16.8 Å². The Kier molecular flexibility index (Phi) is 5.62. The molecule has 2 fully saturated rings. The Morgan fingerprint density at radius 1 is 1.19 bits per heavy atom. The summed E-state index contributed by atoms with van der Waals surface area (Å²) in [6, 6.07) is 0.512. The van der Waals surface area contributed by atoms with Crippen LogP contribution in [0.3, 0.4) is 0 Å². The molecule has 5 heteroatoms. The molecule has 2 amide bonds. The number of piperazine rings is 1. The maximum absolute atomic E-state index is 12.5. The van der Waals surface area contributed by atoms with Crippen LogP contribution in [-0.4, -0.2) is 71.8 Å². The lowest BCUT2D eigenvalue weighted by molar-refractivity contribution is -0.144. The minimum absolute atomic E-state index is 0.0533. The van der Waals surface area contributed by atoms with Gasteiger partial charge in [-0.15, -0.1) is 0 Å². The van der Waals surface area contributed by atoms with Gasteiger partial charge in [0.25, 0.3) is 0 Å². The second kappa shape index (κ2) is 7.25. The molecule has 0 aromatic heterocycles. The number of hydrogen-bond acceptors (Lipinski definition) is 3. The van der Waals surface area contributed by atoms with Crippen molar-refractivity contribution < 1.29 is 9.59 Å². The number of carbonyl (C=O) groups excluding carboxylic acids is 2. The zero-order valence-corrected chi connectivity index (χ0v) is 13.7. The van der Waals surface area contributed by atoms with Crippen molar-refractivity contribution in [1.29, 1.82) is 0 Å². The minimum atomic E-state index is 0.0533. The number of rotatable bonds is 4. The van der Waals surface area contributed by atoms with Gasteiger partial charge in [-0.1, -0.05) is 19.8 Å². The molecule has 0 N–H and O–H groups in total. The lowest BCUT2D eigenvalue weighted by Crippen LogP contribution is -2.60. The van der Waals surface area contributed by atoms with Crippen molar-refractivity contribution in [3.63, 3.8) is 0 Å². The van der Waals surface area contributed by atoms with Gasteiger partial charge in [-0.2, -0.15) is 0 Å². The van der Waals surface area contributed by atoms with Crippen LogP contribution in [0.2, 0.25) is 0 Å². The van der Waals surface area contributed by atoms with Gasteiger partial charge in [-0.25, -0.2) is 0 Å². The summed E-state index contributed by atoms with van der Waals surface area (Å²) >= 11 is 0. The molecule has 0 spiro atoms. The summed E-state index contributed by atoms with van der Waals surface area (Å²) in [7, 11) is 1.91. The zero-order chi connectivity index (χ0) is 15.4. The Hall–Kier alpha value is -1.10. The van der Waals surface area contributed by atoms with Crippen molar-refractivity contribution in [3.05, 3.63) is 0 Å². The fourth-order valence-electron chi connectivity index (χ4n) is 3.56. The molecule has 0 bridgehead atoms. The Balaban J connectivity index is 1.99. The molecule has 5 nitrogen and oxygen atoms in total. The monoisotopic (exact) mass is 295 g/mol. The highest BCUT2D eigenvalue weighted by molar-refractivity contribution is 5.82. The molecular formula is C16H29N3O2. The normalized spacial score (nSPS) is 25.5. The third kappa shape index (κ3) is 3.76. The summed E-state index contributed by atoms with van der Waals surface area (Å²) < 4.78 is 0. The number of carbonyl (C=O) groups is 2. The molecule has 0 saturated carbocycles. The second-order valence-electron chi connectivity index (χ2n) is 6.39. The lowest BCUT2D eigenvalue weighted by Gasteiger charge is -2.46. The highest BCUT2D eigenvalue weighted by Gasteiger charge is 2.37. The fourth-order valence-corrected chi connectivity index (χ4v) is 3.56. The van der Waals surface area contributed by atoms with Gasteiger partial charge in [-0.3, -0.25) is 14.5 Å². The van der Waals surface area contributed by atoms with Gasteiger partial charge in [0.05, 0.1) is 6.04 Å². The topological polar surface area (TPSA) is 43.9 Å². The van der Waals surface area contributed by atoms with E-state index in [1.54, 1.807) is 6.92 Å². The molecule has 2 saturated heterocycles. The van der Waals surface area contributed by atoms with Crippen LogP contribution in [0, 0.1) is 0 Å². The molecule has 0 aromatic rings. The molecule has 120 valence electrons. The number of piperidine rings is 1. The van der Waals surface area contributed by atoms with Crippen molar-refractivity contribution in [2.24, 2.45) is 0 Å². The summed E-state index contributed by atoms with van der Waals surface area (Å²) in [5.41, 5.74) is 0. The van der Waals surface area contributed by atoms with E-state index in [1.165, 1.54) is 0 Å². The van der Waals surface area contributed by atoms with Crippen LogP contribution >= 0.6 is 0 Å². The number of amides is 2. The van der Waals surface area contributed by atoms with Crippen LogP contribution in [0.25, 0.3) is 0 Å². The van der Waals surface area contributed by atoms with E-state index in [0.29, 0.717) is 6.04 Å². The molecular weight excluding hydrogens is 266 g/mol. The van der Waals surface area contributed by atoms with E-state index in [-0.39, 0.29) is 17.9 Å². The van der Waals surface area contributed by atoms with Crippen molar-refractivity contribution in [1.82, 2.24) is 14.7 Å². The standard InChI is InChI=1S/C16H29N3O2/c1-4-5-6-15-16(21)17(3)11-12-19(15)14-7-9-18(10-8-14)13(2)20/h14-15H,4-12H2,1-3H3/t15-/m1/s1. The van der Waals surface area contributed by atoms with Gasteiger partial charge < -0.3 is 9.80 Å². The number of unbranched alkanes of at least 4 members (excludes halogenated alkanes) is 1. The molecule has 0 radical (unpaired) electrons. The highest BCUT2D eigenvalue weighted by atomic mass is 16.2. The predicted octanol–water partition coefficient (Wildman–Crippen LogP) is 1.33. The van der Waals surface area contributed by atoms with Gasteiger partial charge in [-0.05, 0) is 19.3 Å².